The summed E-state index contributed by atoms with van der Waals surface area (Å²) in [7, 11) is -1.48. The summed E-state index contributed by atoms with van der Waals surface area (Å²) in [6.07, 6.45) is 3.78. The van der Waals surface area contributed by atoms with E-state index in [0.29, 0.717) is 0 Å². The minimum atomic E-state index is -1.48. The highest BCUT2D eigenvalue weighted by atomic mass is 28.3. The van der Waals surface area contributed by atoms with Gasteiger partial charge in [0, 0.05) is 0 Å². The topological polar surface area (TPSA) is 18.5 Å². The van der Waals surface area contributed by atoms with Gasteiger partial charge in [-0.1, -0.05) is 58.2 Å². The predicted octanol–water partition coefficient (Wildman–Crippen LogP) is 4.84. The van der Waals surface area contributed by atoms with Gasteiger partial charge in [-0.05, 0) is 27.7 Å². The van der Waals surface area contributed by atoms with Crippen LogP contribution in [-0.4, -0.2) is 25.9 Å². The summed E-state index contributed by atoms with van der Waals surface area (Å²) in [5.41, 5.74) is -0.351. The Morgan fingerprint density at radius 2 is 1.05 bits per heavy atom. The highest BCUT2D eigenvalue weighted by Crippen LogP contribution is 2.43. The highest BCUT2D eigenvalue weighted by molar-refractivity contribution is 7.28. The second kappa shape index (κ2) is 6.32. The molecule has 0 N–H and O–H groups in total. The summed E-state index contributed by atoms with van der Waals surface area (Å²) < 4.78 is 12.9. The van der Waals surface area contributed by atoms with Crippen molar-refractivity contribution in [2.75, 3.05) is 0 Å². The SMILES string of the molecule is CCC[Si](CCC)(CCC)B1OC(C)(C)C(C)(C)O1. The minimum Gasteiger partial charge on any atom is -0.406 e. The average molecular weight is 284 g/mol. The van der Waals surface area contributed by atoms with Crippen molar-refractivity contribution in [2.24, 2.45) is 0 Å². The van der Waals surface area contributed by atoms with Crippen molar-refractivity contribution in [3.8, 4) is 0 Å². The lowest BCUT2D eigenvalue weighted by Gasteiger charge is -2.33. The van der Waals surface area contributed by atoms with E-state index in [1.807, 2.05) is 0 Å². The summed E-state index contributed by atoms with van der Waals surface area (Å²) in [5, 5.41) is 0. The van der Waals surface area contributed by atoms with Crippen LogP contribution in [0.1, 0.15) is 67.7 Å². The van der Waals surface area contributed by atoms with Gasteiger partial charge in [-0.3, -0.25) is 0 Å². The van der Waals surface area contributed by atoms with Crippen LogP contribution in [0.5, 0.6) is 0 Å². The van der Waals surface area contributed by atoms with Crippen molar-refractivity contribution in [3.05, 3.63) is 0 Å². The fourth-order valence-electron chi connectivity index (χ4n) is 3.32. The molecule has 112 valence electrons. The molecular weight excluding hydrogens is 251 g/mol. The lowest BCUT2D eigenvalue weighted by Crippen LogP contribution is -2.53. The van der Waals surface area contributed by atoms with E-state index in [9.17, 15) is 0 Å². The van der Waals surface area contributed by atoms with Crippen molar-refractivity contribution in [1.82, 2.24) is 0 Å². The Morgan fingerprint density at radius 3 is 1.32 bits per heavy atom. The largest absolute Gasteiger partial charge is 0.433 e. The Morgan fingerprint density at radius 1 is 0.737 bits per heavy atom. The fourth-order valence-corrected chi connectivity index (χ4v) is 8.85. The molecule has 1 aliphatic rings. The molecule has 0 aromatic heterocycles. The number of hydrogen-bond acceptors (Lipinski definition) is 2. The molecule has 0 bridgehead atoms. The van der Waals surface area contributed by atoms with Gasteiger partial charge >= 0.3 is 6.71 Å². The Balaban J connectivity index is 2.99. The highest BCUT2D eigenvalue weighted by Gasteiger charge is 2.58. The Hall–Kier alpha value is 0.202. The van der Waals surface area contributed by atoms with Gasteiger partial charge in [-0.25, -0.2) is 0 Å². The molecule has 19 heavy (non-hydrogen) atoms. The van der Waals surface area contributed by atoms with Crippen LogP contribution in [0.3, 0.4) is 0 Å². The van der Waals surface area contributed by atoms with Crippen LogP contribution in [0.2, 0.25) is 18.1 Å². The molecule has 2 nitrogen and oxygen atoms in total. The van der Waals surface area contributed by atoms with Crippen molar-refractivity contribution in [2.45, 2.75) is 97.1 Å². The average Bonchev–Trinajstić information content (AvgIpc) is 2.49. The zero-order chi connectivity index (χ0) is 14.7. The molecule has 1 fully saturated rings. The first-order valence-corrected chi connectivity index (χ1v) is 10.8. The lowest BCUT2D eigenvalue weighted by atomic mass is 9.90. The molecule has 4 heteroatoms. The first-order valence-electron chi connectivity index (χ1n) is 8.10. The van der Waals surface area contributed by atoms with Crippen LogP contribution >= 0.6 is 0 Å². The van der Waals surface area contributed by atoms with Crippen LogP contribution in [-0.2, 0) is 9.31 Å². The first kappa shape index (κ1) is 17.3. The van der Waals surface area contributed by atoms with E-state index in [4.69, 9.17) is 9.31 Å². The fraction of sp³-hybridized carbons (Fsp3) is 1.00. The van der Waals surface area contributed by atoms with Crippen molar-refractivity contribution >= 4 is 14.7 Å². The molecule has 1 heterocycles. The molecular formula is C15H33BO2Si. The van der Waals surface area contributed by atoms with Crippen LogP contribution in [0, 0.1) is 0 Å². The van der Waals surface area contributed by atoms with Crippen molar-refractivity contribution in [3.63, 3.8) is 0 Å². The van der Waals surface area contributed by atoms with Gasteiger partial charge in [0.15, 0.2) is 0 Å². The molecule has 0 saturated carbocycles. The van der Waals surface area contributed by atoms with Crippen LogP contribution in [0.4, 0.5) is 0 Å². The van der Waals surface area contributed by atoms with Gasteiger partial charge in [0.05, 0.1) is 11.2 Å². The molecule has 1 saturated heterocycles. The van der Waals surface area contributed by atoms with E-state index >= 15 is 0 Å². The summed E-state index contributed by atoms with van der Waals surface area (Å²) in [6, 6.07) is 4.02. The smallest absolute Gasteiger partial charge is 0.406 e. The zero-order valence-electron chi connectivity index (χ0n) is 14.1. The van der Waals surface area contributed by atoms with Gasteiger partial charge in [-0.2, -0.15) is 0 Å². The third-order valence-electron chi connectivity index (χ3n) is 5.00. The minimum absolute atomic E-state index is 0.0948. The molecule has 0 radical (unpaired) electrons. The molecule has 0 spiro atoms. The van der Waals surface area contributed by atoms with Crippen LogP contribution in [0.15, 0.2) is 0 Å². The van der Waals surface area contributed by atoms with Crippen LogP contribution < -0.4 is 0 Å². The van der Waals surface area contributed by atoms with E-state index in [2.05, 4.69) is 48.5 Å². The Kier molecular flexibility index (Phi) is 5.74. The van der Waals surface area contributed by atoms with Gasteiger partial charge in [0.1, 0.15) is 7.94 Å². The molecule has 0 aromatic carbocycles. The quantitative estimate of drug-likeness (QED) is 0.623. The first-order chi connectivity index (χ1) is 8.74. The summed E-state index contributed by atoms with van der Waals surface area (Å²) in [6.45, 7) is 15.7. The molecule has 0 amide bonds. The van der Waals surface area contributed by atoms with E-state index in [-0.39, 0.29) is 17.9 Å². The second-order valence-electron chi connectivity index (χ2n) is 7.20. The summed E-state index contributed by atoms with van der Waals surface area (Å²) in [5.74, 6) is 0. The number of rotatable bonds is 7. The van der Waals surface area contributed by atoms with E-state index in [0.717, 1.165) is 0 Å². The molecule has 0 atom stereocenters. The summed E-state index contributed by atoms with van der Waals surface area (Å²) in [4.78, 5) is 0. The number of hydrogen-bond donors (Lipinski definition) is 0. The van der Waals surface area contributed by atoms with Gasteiger partial charge in [0.25, 0.3) is 0 Å². The predicted molar refractivity (Wildman–Crippen MR) is 87.1 cm³/mol. The molecule has 1 rings (SSSR count). The molecule has 0 aliphatic carbocycles. The monoisotopic (exact) mass is 284 g/mol. The van der Waals surface area contributed by atoms with Crippen molar-refractivity contribution < 1.29 is 9.31 Å². The molecule has 0 unspecified atom stereocenters. The second-order valence-corrected chi connectivity index (χ2v) is 11.9. The maximum Gasteiger partial charge on any atom is 0.433 e. The van der Waals surface area contributed by atoms with Gasteiger partial charge in [-0.15, -0.1) is 0 Å². The van der Waals surface area contributed by atoms with Crippen molar-refractivity contribution in [1.29, 1.82) is 0 Å². The summed E-state index contributed by atoms with van der Waals surface area (Å²) >= 11 is 0. The van der Waals surface area contributed by atoms with E-state index < -0.39 is 7.94 Å². The third-order valence-corrected chi connectivity index (χ3v) is 10.7. The van der Waals surface area contributed by atoms with E-state index in [1.165, 1.54) is 37.4 Å². The lowest BCUT2D eigenvalue weighted by molar-refractivity contribution is 0.00578. The van der Waals surface area contributed by atoms with Gasteiger partial charge < -0.3 is 9.31 Å². The van der Waals surface area contributed by atoms with Gasteiger partial charge in [0.2, 0.25) is 0 Å². The maximum atomic E-state index is 6.43. The Labute approximate surface area is 121 Å². The normalized spacial score (nSPS) is 21.9. The molecule has 0 aromatic rings. The zero-order valence-corrected chi connectivity index (χ0v) is 15.1. The molecule has 1 aliphatic heterocycles. The third kappa shape index (κ3) is 3.45. The standard InChI is InChI=1S/C15H33BO2Si/c1-8-11-19(12-9-2,13-10-3)16-17-14(4,5)15(6,7)18-16/h8-13H2,1-7H3. The Bertz CT molecular complexity index is 259. The maximum absolute atomic E-state index is 6.43. The van der Waals surface area contributed by atoms with E-state index in [1.54, 1.807) is 0 Å². The van der Waals surface area contributed by atoms with Crippen LogP contribution in [0.25, 0.3) is 0 Å².